The molecule has 0 fully saturated rings. The molecule has 1 aliphatic heterocycles. The van der Waals surface area contributed by atoms with Crippen molar-refractivity contribution >= 4 is 66.3 Å². The van der Waals surface area contributed by atoms with E-state index in [-0.39, 0.29) is 12.0 Å². The topological polar surface area (TPSA) is 90.4 Å². The normalized spacial score (nSPS) is 14.8. The van der Waals surface area contributed by atoms with E-state index >= 15 is 0 Å². The summed E-state index contributed by atoms with van der Waals surface area (Å²) >= 11 is 0. The lowest BCUT2D eigenvalue weighted by Crippen LogP contribution is -2.30. The number of fused-ring (bicyclic) bond motifs is 9. The quantitative estimate of drug-likeness (QED) is 0.142. The van der Waals surface area contributed by atoms with Gasteiger partial charge in [0.15, 0.2) is 34.9 Å². The maximum Gasteiger partial charge on any atom is 0.166 e. The first-order chi connectivity index (χ1) is 40.2. The van der Waals surface area contributed by atoms with Crippen LogP contribution >= 0.6 is 0 Å². The van der Waals surface area contributed by atoms with E-state index in [0.29, 0.717) is 34.9 Å². The third kappa shape index (κ3) is 7.69. The molecule has 380 valence electrons. The van der Waals surface area contributed by atoms with E-state index in [1.54, 1.807) is 0 Å². The van der Waals surface area contributed by atoms with Crippen LogP contribution in [0.25, 0.3) is 118 Å². The third-order valence-electron chi connectivity index (χ3n) is 15.9. The summed E-state index contributed by atoms with van der Waals surface area (Å²) in [5.74, 6) is 3.29. The fourth-order valence-electron chi connectivity index (χ4n) is 12.3. The Balaban J connectivity index is 1.02. The summed E-state index contributed by atoms with van der Waals surface area (Å²) in [6.07, 6.45) is 4.89. The second-order valence-corrected chi connectivity index (χ2v) is 20.6. The predicted molar refractivity (Wildman–Crippen MR) is 328 cm³/mol. The van der Waals surface area contributed by atoms with Crippen LogP contribution in [-0.4, -0.2) is 45.1 Å². The minimum atomic E-state index is -0.223. The monoisotopic (exact) mass is 1040 g/mol. The van der Waals surface area contributed by atoms with Crippen molar-refractivity contribution in [3.63, 3.8) is 0 Å². The molecule has 0 saturated heterocycles. The van der Waals surface area contributed by atoms with Gasteiger partial charge in [0.1, 0.15) is 0 Å². The molecule has 5 heterocycles. The van der Waals surface area contributed by atoms with Crippen LogP contribution in [0.1, 0.15) is 17.3 Å². The zero-order valence-corrected chi connectivity index (χ0v) is 43.7. The average Bonchev–Trinajstić information content (AvgIpc) is 3.98. The minimum Gasteiger partial charge on any atom is -0.333 e. The average molecular weight is 1040 g/mol. The van der Waals surface area contributed by atoms with E-state index in [2.05, 4.69) is 214 Å². The van der Waals surface area contributed by atoms with Crippen molar-refractivity contribution in [2.24, 2.45) is 0 Å². The Bertz CT molecular complexity index is 4600. The molecular weight excluding hydrogens is 991 g/mol. The zero-order valence-electron chi connectivity index (χ0n) is 43.7. The number of aromatic nitrogens is 8. The molecule has 81 heavy (non-hydrogen) atoms. The maximum atomic E-state index is 5.48. The molecule has 1 aliphatic carbocycles. The van der Waals surface area contributed by atoms with Gasteiger partial charge in [-0.2, -0.15) is 0 Å². The Morgan fingerprint density at radius 1 is 0.296 bits per heavy atom. The Morgan fingerprint density at radius 2 is 0.654 bits per heavy atom. The van der Waals surface area contributed by atoms with Gasteiger partial charge in [-0.3, -0.25) is 0 Å². The lowest BCUT2D eigenvalue weighted by Gasteiger charge is -2.32. The number of hydrogen-bond donors (Lipinski definition) is 0. The van der Waals surface area contributed by atoms with Gasteiger partial charge in [0.25, 0.3) is 0 Å². The highest BCUT2D eigenvalue weighted by Crippen LogP contribution is 2.54. The number of hydrogen-bond acceptors (Lipinski definition) is 7. The smallest absolute Gasteiger partial charge is 0.166 e. The Labute approximate surface area is 466 Å². The van der Waals surface area contributed by atoms with Crippen molar-refractivity contribution < 1.29 is 0 Å². The van der Waals surface area contributed by atoms with Gasteiger partial charge >= 0.3 is 0 Å². The lowest BCUT2D eigenvalue weighted by molar-refractivity contribution is 0.744. The Morgan fingerprint density at radius 3 is 1.09 bits per heavy atom. The second-order valence-electron chi connectivity index (χ2n) is 20.6. The van der Waals surface area contributed by atoms with Gasteiger partial charge in [0.2, 0.25) is 0 Å². The molecule has 9 heteroatoms. The van der Waals surface area contributed by atoms with Gasteiger partial charge in [-0.1, -0.05) is 218 Å². The minimum absolute atomic E-state index is 0.218. The molecule has 10 aromatic carbocycles. The van der Waals surface area contributed by atoms with E-state index < -0.39 is 0 Å². The molecule has 0 spiro atoms. The van der Waals surface area contributed by atoms with Gasteiger partial charge in [-0.15, -0.1) is 0 Å². The highest BCUT2D eigenvalue weighted by atomic mass is 15.2. The van der Waals surface area contributed by atoms with Crippen LogP contribution in [0, 0.1) is 0 Å². The van der Waals surface area contributed by atoms with Crippen LogP contribution in [0.5, 0.6) is 0 Å². The zero-order chi connectivity index (χ0) is 53.4. The van der Waals surface area contributed by atoms with Crippen LogP contribution in [0.15, 0.2) is 273 Å². The molecule has 0 amide bonds. The van der Waals surface area contributed by atoms with Gasteiger partial charge in [-0.05, 0) is 60.2 Å². The van der Waals surface area contributed by atoms with Crippen molar-refractivity contribution in [1.82, 2.24) is 39.0 Å². The predicted octanol–water partition coefficient (Wildman–Crippen LogP) is 16.8. The molecule has 2 aliphatic rings. The van der Waals surface area contributed by atoms with E-state index in [1.165, 1.54) is 10.8 Å². The summed E-state index contributed by atoms with van der Waals surface area (Å²) in [5, 5.41) is 4.65. The third-order valence-corrected chi connectivity index (χ3v) is 15.9. The summed E-state index contributed by atoms with van der Waals surface area (Å²) in [5.41, 5.74) is 14.9. The molecule has 0 saturated carbocycles. The number of anilines is 2. The molecule has 4 aromatic heterocycles. The number of rotatable bonds is 9. The van der Waals surface area contributed by atoms with Gasteiger partial charge in [-0.25, -0.2) is 29.9 Å². The highest BCUT2D eigenvalue weighted by Gasteiger charge is 2.43. The van der Waals surface area contributed by atoms with Crippen molar-refractivity contribution in [2.45, 2.75) is 12.0 Å². The Hall–Kier alpha value is -10.9. The van der Waals surface area contributed by atoms with Crippen LogP contribution in [-0.2, 0) is 0 Å². The molecule has 2 atom stereocenters. The van der Waals surface area contributed by atoms with Crippen molar-refractivity contribution in [3.05, 3.63) is 284 Å². The SMILES string of the molecule is C1=C(c2nc(-c3ccccc3)nc(-c3ccccc3)n2)C(n2c3ccccc3c3ccccc32)=CC2C1c1cc(-c3nc(-c4ccccc4)nc(-c4ccccc4)n3)c(-n3c4ccccc4c4ccccc43)cc1N2c1ccccc1. The van der Waals surface area contributed by atoms with Gasteiger partial charge < -0.3 is 14.0 Å². The summed E-state index contributed by atoms with van der Waals surface area (Å²) in [7, 11) is 0. The first-order valence-corrected chi connectivity index (χ1v) is 27.4. The molecule has 0 radical (unpaired) electrons. The molecule has 16 rings (SSSR count). The second kappa shape index (κ2) is 18.9. The first kappa shape index (κ1) is 46.2. The summed E-state index contributed by atoms with van der Waals surface area (Å²) in [4.78, 5) is 34.8. The maximum absolute atomic E-state index is 5.48. The van der Waals surface area contributed by atoms with Crippen molar-refractivity contribution in [1.29, 1.82) is 0 Å². The fourth-order valence-corrected chi connectivity index (χ4v) is 12.3. The molecule has 2 unspecified atom stereocenters. The fraction of sp³-hybridized carbons (Fsp3) is 0.0278. The van der Waals surface area contributed by atoms with Gasteiger partial charge in [0.05, 0.1) is 39.5 Å². The van der Waals surface area contributed by atoms with E-state index in [0.717, 1.165) is 94.6 Å². The molecular formula is C72H47N9. The van der Waals surface area contributed by atoms with Crippen LogP contribution < -0.4 is 4.90 Å². The van der Waals surface area contributed by atoms with Gasteiger partial charge in [0, 0.05) is 72.2 Å². The molecule has 0 bridgehead atoms. The summed E-state index contributed by atoms with van der Waals surface area (Å²) in [6.45, 7) is 0. The molecule has 0 N–H and O–H groups in total. The molecule has 9 nitrogen and oxygen atoms in total. The lowest BCUT2D eigenvalue weighted by atomic mass is 9.85. The summed E-state index contributed by atoms with van der Waals surface area (Å²) in [6, 6.07) is 91.0. The summed E-state index contributed by atoms with van der Waals surface area (Å²) < 4.78 is 4.82. The van der Waals surface area contributed by atoms with E-state index in [4.69, 9.17) is 29.9 Å². The van der Waals surface area contributed by atoms with E-state index in [9.17, 15) is 0 Å². The van der Waals surface area contributed by atoms with Crippen LogP contribution in [0.4, 0.5) is 11.4 Å². The highest BCUT2D eigenvalue weighted by molar-refractivity contribution is 6.15. The molecule has 14 aromatic rings. The number of para-hydroxylation sites is 5. The van der Waals surface area contributed by atoms with E-state index in [1.807, 2.05) is 72.8 Å². The largest absolute Gasteiger partial charge is 0.333 e. The number of nitrogens with zero attached hydrogens (tertiary/aromatic N) is 9. The number of allylic oxidation sites excluding steroid dienone is 2. The number of benzene rings is 10. The van der Waals surface area contributed by atoms with Crippen LogP contribution in [0.3, 0.4) is 0 Å². The first-order valence-electron chi connectivity index (χ1n) is 27.4. The standard InChI is InChI=1S/C72H47N9/c1-6-24-46(25-7-1)67-73-68(47-26-8-2-9-27-47)76-71(75-67)57-42-55-56-43-58(72-77-69(48-28-10-3-11-29-48)74-70(78-72)49-30-12-4-13-31-49)66(81-61-40-22-18-36-53(61)54-37-19-23-41-62(54)81)45-64(56)79(50-32-14-5-15-33-50)63(55)44-65(57)80-59-38-20-16-34-51(59)52-35-17-21-39-60(52)80/h1-45,55,63H. The van der Waals surface area contributed by atoms with Crippen LogP contribution in [0.2, 0.25) is 0 Å². The van der Waals surface area contributed by atoms with Crippen molar-refractivity contribution in [2.75, 3.05) is 4.90 Å². The Kier molecular flexibility index (Phi) is 10.8. The van der Waals surface area contributed by atoms with Crippen molar-refractivity contribution in [3.8, 4) is 62.6 Å².